The molecule has 440 valence electrons. The highest BCUT2D eigenvalue weighted by Crippen LogP contribution is 2.19. The number of hydrogen-bond acceptors (Lipinski definition) is 5. The smallest absolute Gasteiger partial charge is 0.305 e. The Labute approximate surface area is 463 Å². The van der Waals surface area contributed by atoms with Crippen molar-refractivity contribution >= 4 is 11.9 Å². The third-order valence-electron chi connectivity index (χ3n) is 16.1. The molecule has 0 rings (SSSR count). The third-order valence-corrected chi connectivity index (χ3v) is 16.1. The van der Waals surface area contributed by atoms with E-state index in [0.717, 1.165) is 44.9 Å². The van der Waals surface area contributed by atoms with Crippen LogP contribution in [0.5, 0.6) is 0 Å². The van der Waals surface area contributed by atoms with Crippen molar-refractivity contribution in [2.45, 2.75) is 398 Å². The van der Waals surface area contributed by atoms with Crippen LogP contribution in [-0.4, -0.2) is 47.4 Å². The number of unbranched alkanes of at least 4 members (excludes halogenated alkanes) is 51. The van der Waals surface area contributed by atoms with Crippen LogP contribution >= 0.6 is 0 Å². The van der Waals surface area contributed by atoms with Crippen molar-refractivity contribution in [1.82, 2.24) is 5.32 Å². The van der Waals surface area contributed by atoms with Gasteiger partial charge in [-0.05, 0) is 51.4 Å². The molecular formula is C68H133NO5. The second-order valence-corrected chi connectivity index (χ2v) is 23.5. The van der Waals surface area contributed by atoms with Crippen molar-refractivity contribution in [3.8, 4) is 0 Å². The lowest BCUT2D eigenvalue weighted by atomic mass is 10.0. The molecule has 0 fully saturated rings. The molecule has 1 amide bonds. The maximum absolute atomic E-state index is 12.5. The number of aliphatic hydroxyl groups is 2. The molecule has 0 heterocycles. The Morgan fingerprint density at radius 1 is 0.365 bits per heavy atom. The Bertz CT molecular complexity index is 1110. The summed E-state index contributed by atoms with van der Waals surface area (Å²) < 4.78 is 5.51. The van der Waals surface area contributed by atoms with E-state index < -0.39 is 12.1 Å². The first-order valence-electron chi connectivity index (χ1n) is 33.9. The number of carbonyl (C=O) groups is 2. The summed E-state index contributed by atoms with van der Waals surface area (Å²) >= 11 is 0. The van der Waals surface area contributed by atoms with Crippen LogP contribution in [0.4, 0.5) is 0 Å². The second kappa shape index (κ2) is 64.1. The monoisotopic (exact) mass is 1040 g/mol. The highest BCUT2D eigenvalue weighted by atomic mass is 16.5. The number of allylic oxidation sites excluding steroid dienone is 2. The normalized spacial score (nSPS) is 12.5. The maximum Gasteiger partial charge on any atom is 0.305 e. The minimum Gasteiger partial charge on any atom is -0.466 e. The maximum atomic E-state index is 12.5. The van der Waals surface area contributed by atoms with Crippen molar-refractivity contribution in [2.24, 2.45) is 0 Å². The quantitative estimate of drug-likeness (QED) is 0.0320. The van der Waals surface area contributed by atoms with Crippen LogP contribution in [0.3, 0.4) is 0 Å². The largest absolute Gasteiger partial charge is 0.466 e. The van der Waals surface area contributed by atoms with E-state index in [9.17, 15) is 19.8 Å². The third kappa shape index (κ3) is 59.8. The summed E-state index contributed by atoms with van der Waals surface area (Å²) in [5.74, 6) is -0.0178. The van der Waals surface area contributed by atoms with Gasteiger partial charge in [0, 0.05) is 12.8 Å². The van der Waals surface area contributed by atoms with Gasteiger partial charge >= 0.3 is 5.97 Å². The van der Waals surface area contributed by atoms with Gasteiger partial charge in [-0.1, -0.05) is 334 Å². The highest BCUT2D eigenvalue weighted by Gasteiger charge is 2.20. The molecule has 6 heteroatoms. The summed E-state index contributed by atoms with van der Waals surface area (Å²) in [5.41, 5.74) is 0. The first kappa shape index (κ1) is 72.6. The van der Waals surface area contributed by atoms with Crippen molar-refractivity contribution in [3.05, 3.63) is 12.2 Å². The van der Waals surface area contributed by atoms with E-state index in [-0.39, 0.29) is 18.5 Å². The molecular weight excluding hydrogens is 911 g/mol. The zero-order chi connectivity index (χ0) is 53.6. The van der Waals surface area contributed by atoms with Crippen LogP contribution in [0.25, 0.3) is 0 Å². The lowest BCUT2D eigenvalue weighted by Gasteiger charge is -2.22. The van der Waals surface area contributed by atoms with Gasteiger partial charge < -0.3 is 20.3 Å². The molecule has 0 aromatic rings. The summed E-state index contributed by atoms with van der Waals surface area (Å²) in [6.45, 7) is 4.98. The SMILES string of the molecule is CCCCCCCC/C=C\CCCCCCCCCCCC(=O)OCCCCCCCCCCCCCCCCCCCCCCCCC(=O)NC(CO)C(O)CCCCCCCCCCCCCCCCCC. The Balaban J connectivity index is 3.35. The molecule has 2 atom stereocenters. The lowest BCUT2D eigenvalue weighted by Crippen LogP contribution is -2.45. The number of rotatable bonds is 64. The molecule has 0 radical (unpaired) electrons. The predicted molar refractivity (Wildman–Crippen MR) is 324 cm³/mol. The van der Waals surface area contributed by atoms with Gasteiger partial charge in [0.25, 0.3) is 0 Å². The summed E-state index contributed by atoms with van der Waals surface area (Å²) in [6.07, 6.45) is 78.1. The first-order chi connectivity index (χ1) is 36.5. The van der Waals surface area contributed by atoms with Gasteiger partial charge in [-0.25, -0.2) is 0 Å². The van der Waals surface area contributed by atoms with Gasteiger partial charge in [0.1, 0.15) is 0 Å². The van der Waals surface area contributed by atoms with Crippen LogP contribution in [-0.2, 0) is 14.3 Å². The summed E-state index contributed by atoms with van der Waals surface area (Å²) in [4.78, 5) is 24.6. The van der Waals surface area contributed by atoms with Gasteiger partial charge in [-0.15, -0.1) is 0 Å². The van der Waals surface area contributed by atoms with E-state index in [0.29, 0.717) is 25.9 Å². The minimum atomic E-state index is -0.664. The van der Waals surface area contributed by atoms with Gasteiger partial charge in [-0.3, -0.25) is 9.59 Å². The zero-order valence-electron chi connectivity index (χ0n) is 50.4. The molecule has 0 aromatic heterocycles. The van der Waals surface area contributed by atoms with E-state index in [2.05, 4.69) is 31.3 Å². The number of ether oxygens (including phenoxy) is 1. The molecule has 0 aromatic carbocycles. The van der Waals surface area contributed by atoms with Crippen LogP contribution in [0.1, 0.15) is 386 Å². The second-order valence-electron chi connectivity index (χ2n) is 23.5. The Morgan fingerprint density at radius 3 is 0.959 bits per heavy atom. The fraction of sp³-hybridized carbons (Fsp3) is 0.941. The van der Waals surface area contributed by atoms with Gasteiger partial charge in [0.2, 0.25) is 5.91 Å². The van der Waals surface area contributed by atoms with Gasteiger partial charge in [-0.2, -0.15) is 0 Å². The van der Waals surface area contributed by atoms with Crippen LogP contribution in [0, 0.1) is 0 Å². The van der Waals surface area contributed by atoms with E-state index in [4.69, 9.17) is 4.74 Å². The molecule has 0 aliphatic rings. The average Bonchev–Trinajstić information content (AvgIpc) is 3.40. The van der Waals surface area contributed by atoms with Crippen LogP contribution in [0.15, 0.2) is 12.2 Å². The summed E-state index contributed by atoms with van der Waals surface area (Å²) in [7, 11) is 0. The average molecular weight is 1040 g/mol. The number of amides is 1. The number of carbonyl (C=O) groups excluding carboxylic acids is 2. The van der Waals surface area contributed by atoms with E-state index in [1.165, 1.54) is 308 Å². The first-order valence-corrected chi connectivity index (χ1v) is 33.9. The fourth-order valence-electron chi connectivity index (χ4n) is 10.9. The van der Waals surface area contributed by atoms with Crippen molar-refractivity contribution < 1.29 is 24.5 Å². The molecule has 0 saturated carbocycles. The molecule has 2 unspecified atom stereocenters. The van der Waals surface area contributed by atoms with Crippen molar-refractivity contribution in [1.29, 1.82) is 0 Å². The molecule has 6 nitrogen and oxygen atoms in total. The Morgan fingerprint density at radius 2 is 0.635 bits per heavy atom. The Hall–Kier alpha value is -1.40. The number of aliphatic hydroxyl groups excluding tert-OH is 2. The molecule has 74 heavy (non-hydrogen) atoms. The van der Waals surface area contributed by atoms with Gasteiger partial charge in [0.05, 0.1) is 25.4 Å². The number of hydrogen-bond donors (Lipinski definition) is 3. The lowest BCUT2D eigenvalue weighted by molar-refractivity contribution is -0.143. The number of nitrogens with one attached hydrogen (secondary N) is 1. The molecule has 0 bridgehead atoms. The van der Waals surface area contributed by atoms with Gasteiger partial charge in [0.15, 0.2) is 0 Å². The molecule has 0 saturated heterocycles. The standard InChI is InChI=1S/C68H133NO5/c1-3-5-7-9-11-13-15-17-19-21-26-30-34-38-42-46-50-54-58-62-68(73)74-63-59-55-51-47-43-39-35-31-28-25-23-22-24-27-29-33-37-41-45-49-53-57-61-67(72)69-65(64-70)66(71)60-56-52-48-44-40-36-32-20-18-16-14-12-10-8-6-4-2/h17,19,65-66,70-71H,3-16,18,20-64H2,1-2H3,(H,69,72)/b19-17-. The highest BCUT2D eigenvalue weighted by molar-refractivity contribution is 5.76. The Kier molecular flexibility index (Phi) is 62.9. The van der Waals surface area contributed by atoms with Crippen LogP contribution in [0.2, 0.25) is 0 Å². The summed E-state index contributed by atoms with van der Waals surface area (Å²) in [6, 6.07) is -0.541. The number of esters is 1. The topological polar surface area (TPSA) is 95.9 Å². The zero-order valence-corrected chi connectivity index (χ0v) is 50.4. The predicted octanol–water partition coefficient (Wildman–Crippen LogP) is 21.6. The van der Waals surface area contributed by atoms with E-state index >= 15 is 0 Å². The van der Waals surface area contributed by atoms with Crippen LogP contribution < -0.4 is 5.32 Å². The summed E-state index contributed by atoms with van der Waals surface area (Å²) in [5, 5.41) is 23.3. The van der Waals surface area contributed by atoms with E-state index in [1.54, 1.807) is 0 Å². The molecule has 3 N–H and O–H groups in total. The van der Waals surface area contributed by atoms with Crippen molar-refractivity contribution in [2.75, 3.05) is 13.2 Å². The molecule has 0 spiro atoms. The minimum absolute atomic E-state index is 0.0140. The molecule has 0 aliphatic heterocycles. The molecule has 0 aliphatic carbocycles. The van der Waals surface area contributed by atoms with E-state index in [1.807, 2.05) is 0 Å². The van der Waals surface area contributed by atoms with Crippen molar-refractivity contribution in [3.63, 3.8) is 0 Å². The fourth-order valence-corrected chi connectivity index (χ4v) is 10.9.